The van der Waals surface area contributed by atoms with Crippen LogP contribution in [0.4, 0.5) is 0 Å². The lowest BCUT2D eigenvalue weighted by Gasteiger charge is -2.17. The summed E-state index contributed by atoms with van der Waals surface area (Å²) in [5, 5.41) is 3.54. The lowest BCUT2D eigenvalue weighted by Crippen LogP contribution is -2.31. The summed E-state index contributed by atoms with van der Waals surface area (Å²) in [5.41, 5.74) is 0. The topological polar surface area (TPSA) is 46.3 Å². The Morgan fingerprint density at radius 1 is 1.29 bits per heavy atom. The summed E-state index contributed by atoms with van der Waals surface area (Å²) in [5.74, 6) is 0.330. The van der Waals surface area contributed by atoms with E-state index in [0.29, 0.717) is 5.76 Å². The Morgan fingerprint density at radius 3 is 2.57 bits per heavy atom. The number of hydrogen-bond donors (Lipinski definition) is 0. The average molecular weight is 194 g/mol. The summed E-state index contributed by atoms with van der Waals surface area (Å²) in [7, 11) is 0. The molecule has 0 N–H and O–H groups in total. The molecule has 0 aromatic carbocycles. The van der Waals surface area contributed by atoms with Gasteiger partial charge in [0.25, 0.3) is 5.91 Å². The van der Waals surface area contributed by atoms with Crippen LogP contribution in [0.15, 0.2) is 16.8 Å². The molecule has 1 saturated heterocycles. The summed E-state index contributed by atoms with van der Waals surface area (Å²) < 4.78 is 4.85. The first-order valence-corrected chi connectivity index (χ1v) is 5.08. The molecule has 1 aromatic rings. The summed E-state index contributed by atoms with van der Waals surface area (Å²) in [6.45, 7) is 1.69. The molecule has 1 amide bonds. The molecule has 0 unspecified atom stereocenters. The molecule has 2 rings (SSSR count). The summed E-state index contributed by atoms with van der Waals surface area (Å²) in [4.78, 5) is 13.7. The van der Waals surface area contributed by atoms with Gasteiger partial charge in [0.2, 0.25) is 5.76 Å². The van der Waals surface area contributed by atoms with Crippen molar-refractivity contribution in [3.63, 3.8) is 0 Å². The molecule has 4 nitrogen and oxygen atoms in total. The minimum atomic E-state index is -0.0237. The summed E-state index contributed by atoms with van der Waals surface area (Å²) in [6.07, 6.45) is 6.14. The molecular formula is C10H14N2O2. The monoisotopic (exact) mass is 194 g/mol. The van der Waals surface area contributed by atoms with Gasteiger partial charge in [0, 0.05) is 19.2 Å². The van der Waals surface area contributed by atoms with E-state index in [4.69, 9.17) is 4.52 Å². The number of rotatable bonds is 1. The van der Waals surface area contributed by atoms with E-state index in [1.807, 2.05) is 4.90 Å². The van der Waals surface area contributed by atoms with Gasteiger partial charge in [-0.15, -0.1) is 0 Å². The van der Waals surface area contributed by atoms with Gasteiger partial charge in [0.05, 0.1) is 6.20 Å². The van der Waals surface area contributed by atoms with E-state index >= 15 is 0 Å². The van der Waals surface area contributed by atoms with Gasteiger partial charge < -0.3 is 9.42 Å². The Balaban J connectivity index is 2.03. The van der Waals surface area contributed by atoms with Gasteiger partial charge in [-0.05, 0) is 12.8 Å². The van der Waals surface area contributed by atoms with Crippen molar-refractivity contribution in [2.75, 3.05) is 13.1 Å². The van der Waals surface area contributed by atoms with Crippen LogP contribution in [0.2, 0.25) is 0 Å². The van der Waals surface area contributed by atoms with Crippen molar-refractivity contribution in [1.29, 1.82) is 0 Å². The second kappa shape index (κ2) is 4.26. The van der Waals surface area contributed by atoms with Gasteiger partial charge in [-0.2, -0.15) is 0 Å². The Bertz CT molecular complexity index is 287. The van der Waals surface area contributed by atoms with Crippen LogP contribution in [-0.4, -0.2) is 29.1 Å². The number of carbonyl (C=O) groups is 1. The van der Waals surface area contributed by atoms with Crippen molar-refractivity contribution < 1.29 is 9.32 Å². The fourth-order valence-electron chi connectivity index (χ4n) is 1.76. The Morgan fingerprint density at radius 2 is 2.00 bits per heavy atom. The molecule has 0 saturated carbocycles. The van der Waals surface area contributed by atoms with Gasteiger partial charge in [-0.1, -0.05) is 18.0 Å². The van der Waals surface area contributed by atoms with Crippen LogP contribution in [0.5, 0.6) is 0 Å². The molecule has 0 aliphatic carbocycles. The minimum absolute atomic E-state index is 0.0237. The highest BCUT2D eigenvalue weighted by Crippen LogP contribution is 2.12. The number of carbonyl (C=O) groups excluding carboxylic acids is 1. The van der Waals surface area contributed by atoms with E-state index in [0.717, 1.165) is 25.9 Å². The Hall–Kier alpha value is -1.32. The SMILES string of the molecule is O=C(c1ccno1)N1CCCCCC1. The zero-order valence-electron chi connectivity index (χ0n) is 8.11. The molecule has 1 aliphatic heterocycles. The third-order valence-corrected chi connectivity index (χ3v) is 2.54. The third-order valence-electron chi connectivity index (χ3n) is 2.54. The quantitative estimate of drug-likeness (QED) is 0.683. The maximum atomic E-state index is 11.8. The van der Waals surface area contributed by atoms with E-state index in [1.54, 1.807) is 6.07 Å². The maximum absolute atomic E-state index is 11.8. The second-order valence-corrected chi connectivity index (χ2v) is 3.58. The van der Waals surface area contributed by atoms with Crippen LogP contribution in [0, 0.1) is 0 Å². The van der Waals surface area contributed by atoms with Crippen molar-refractivity contribution in [2.24, 2.45) is 0 Å². The molecule has 0 radical (unpaired) electrons. The molecule has 0 atom stereocenters. The first-order valence-electron chi connectivity index (χ1n) is 5.08. The number of likely N-dealkylation sites (tertiary alicyclic amines) is 1. The minimum Gasteiger partial charge on any atom is -0.351 e. The third kappa shape index (κ3) is 1.95. The fraction of sp³-hybridized carbons (Fsp3) is 0.600. The number of amides is 1. The zero-order valence-corrected chi connectivity index (χ0v) is 8.11. The molecule has 1 aliphatic rings. The van der Waals surface area contributed by atoms with Crippen LogP contribution >= 0.6 is 0 Å². The normalized spacial score (nSPS) is 17.9. The molecule has 2 heterocycles. The fourth-order valence-corrected chi connectivity index (χ4v) is 1.76. The molecule has 4 heteroatoms. The van der Waals surface area contributed by atoms with Crippen molar-refractivity contribution in [1.82, 2.24) is 10.1 Å². The number of nitrogens with zero attached hydrogens (tertiary/aromatic N) is 2. The molecule has 1 aromatic heterocycles. The molecule has 76 valence electrons. The predicted octanol–water partition coefficient (Wildman–Crippen LogP) is 1.69. The number of aromatic nitrogens is 1. The predicted molar refractivity (Wildman–Crippen MR) is 50.9 cm³/mol. The smallest absolute Gasteiger partial charge is 0.292 e. The molecule has 14 heavy (non-hydrogen) atoms. The van der Waals surface area contributed by atoms with E-state index in [2.05, 4.69) is 5.16 Å². The molecule has 1 fully saturated rings. The highest BCUT2D eigenvalue weighted by Gasteiger charge is 2.19. The van der Waals surface area contributed by atoms with E-state index < -0.39 is 0 Å². The van der Waals surface area contributed by atoms with Crippen molar-refractivity contribution >= 4 is 5.91 Å². The first kappa shape index (κ1) is 9.24. The largest absolute Gasteiger partial charge is 0.351 e. The van der Waals surface area contributed by atoms with Crippen LogP contribution in [0.25, 0.3) is 0 Å². The maximum Gasteiger partial charge on any atom is 0.292 e. The van der Waals surface area contributed by atoms with Crippen molar-refractivity contribution in [3.05, 3.63) is 18.0 Å². The van der Waals surface area contributed by atoms with Gasteiger partial charge in [-0.25, -0.2) is 0 Å². The van der Waals surface area contributed by atoms with E-state index in [1.165, 1.54) is 19.0 Å². The Kier molecular flexibility index (Phi) is 2.81. The Labute approximate surface area is 82.9 Å². The second-order valence-electron chi connectivity index (χ2n) is 3.58. The van der Waals surface area contributed by atoms with Crippen molar-refractivity contribution in [3.8, 4) is 0 Å². The lowest BCUT2D eigenvalue weighted by molar-refractivity contribution is 0.0720. The standard InChI is InChI=1S/C10H14N2O2/c13-10(9-5-6-11-14-9)12-7-3-1-2-4-8-12/h5-6H,1-4,7-8H2. The van der Waals surface area contributed by atoms with Gasteiger partial charge in [0.15, 0.2) is 0 Å². The molecule has 0 bridgehead atoms. The number of hydrogen-bond acceptors (Lipinski definition) is 3. The van der Waals surface area contributed by atoms with Crippen LogP contribution in [0.3, 0.4) is 0 Å². The molecule has 0 spiro atoms. The first-order chi connectivity index (χ1) is 6.88. The summed E-state index contributed by atoms with van der Waals surface area (Å²) >= 11 is 0. The highest BCUT2D eigenvalue weighted by molar-refractivity contribution is 5.91. The zero-order chi connectivity index (χ0) is 9.80. The summed E-state index contributed by atoms with van der Waals surface area (Å²) in [6, 6.07) is 1.62. The van der Waals surface area contributed by atoms with Crippen LogP contribution in [0.1, 0.15) is 36.2 Å². The van der Waals surface area contributed by atoms with Crippen LogP contribution < -0.4 is 0 Å². The van der Waals surface area contributed by atoms with Gasteiger partial charge >= 0.3 is 0 Å². The van der Waals surface area contributed by atoms with E-state index in [-0.39, 0.29) is 5.91 Å². The van der Waals surface area contributed by atoms with Gasteiger partial charge in [-0.3, -0.25) is 4.79 Å². The highest BCUT2D eigenvalue weighted by atomic mass is 16.5. The van der Waals surface area contributed by atoms with Crippen LogP contribution in [-0.2, 0) is 0 Å². The van der Waals surface area contributed by atoms with Crippen molar-refractivity contribution in [2.45, 2.75) is 25.7 Å². The van der Waals surface area contributed by atoms with E-state index in [9.17, 15) is 4.79 Å². The van der Waals surface area contributed by atoms with Gasteiger partial charge in [0.1, 0.15) is 0 Å². The molecular weight excluding hydrogens is 180 g/mol. The lowest BCUT2D eigenvalue weighted by atomic mass is 10.2. The average Bonchev–Trinajstić information content (AvgIpc) is 2.59.